The van der Waals surface area contributed by atoms with E-state index in [-0.39, 0.29) is 0 Å². The van der Waals surface area contributed by atoms with Crippen molar-refractivity contribution in [3.8, 4) is 11.5 Å². The third kappa shape index (κ3) is 3.69. The summed E-state index contributed by atoms with van der Waals surface area (Å²) >= 11 is 0. The molecule has 0 N–H and O–H groups in total. The van der Waals surface area contributed by atoms with E-state index < -0.39 is 0 Å². The van der Waals surface area contributed by atoms with E-state index >= 15 is 0 Å². The summed E-state index contributed by atoms with van der Waals surface area (Å²) in [5, 5.41) is 0. The molecule has 0 amide bonds. The lowest BCUT2D eigenvalue weighted by molar-refractivity contribution is 0.0374. The molecule has 4 nitrogen and oxygen atoms in total. The van der Waals surface area contributed by atoms with Gasteiger partial charge in [-0.05, 0) is 55.5 Å². The Balaban J connectivity index is 1.63. The van der Waals surface area contributed by atoms with Gasteiger partial charge in [-0.1, -0.05) is 0 Å². The average Bonchev–Trinajstić information content (AvgIpc) is 2.55. The molecule has 0 radical (unpaired) electrons. The fourth-order valence-electron chi connectivity index (χ4n) is 3.15. The number of nitrogens with zero attached hydrogens (tertiary/aromatic N) is 1. The fraction of sp³-hybridized carbons (Fsp3) is 0.647. The molecule has 2 heterocycles. The Morgan fingerprint density at radius 1 is 1.19 bits per heavy atom. The molecular weight excluding hydrogens is 266 g/mol. The summed E-state index contributed by atoms with van der Waals surface area (Å²) in [6, 6.07) is 4.27. The van der Waals surface area contributed by atoms with Crippen LogP contribution >= 0.6 is 0 Å². The highest BCUT2D eigenvalue weighted by atomic mass is 16.5. The zero-order valence-electron chi connectivity index (χ0n) is 12.9. The molecule has 21 heavy (non-hydrogen) atoms. The van der Waals surface area contributed by atoms with Gasteiger partial charge >= 0.3 is 0 Å². The van der Waals surface area contributed by atoms with Gasteiger partial charge in [0.05, 0.1) is 26.9 Å². The van der Waals surface area contributed by atoms with Gasteiger partial charge < -0.3 is 14.2 Å². The van der Waals surface area contributed by atoms with E-state index in [1.807, 2.05) is 0 Å². The average molecular weight is 291 g/mol. The maximum absolute atomic E-state index is 5.91. The lowest BCUT2D eigenvalue weighted by atomic mass is 9.99. The second-order valence-corrected chi connectivity index (χ2v) is 5.78. The predicted molar refractivity (Wildman–Crippen MR) is 82.4 cm³/mol. The summed E-state index contributed by atoms with van der Waals surface area (Å²) in [6.07, 6.45) is 4.41. The summed E-state index contributed by atoms with van der Waals surface area (Å²) in [7, 11) is 1.74. The van der Waals surface area contributed by atoms with Gasteiger partial charge in [0.1, 0.15) is 11.5 Å². The summed E-state index contributed by atoms with van der Waals surface area (Å²) in [6.45, 7) is 5.85. The molecule has 116 valence electrons. The summed E-state index contributed by atoms with van der Waals surface area (Å²) in [4.78, 5) is 2.48. The van der Waals surface area contributed by atoms with Crippen LogP contribution in [0.25, 0.3) is 0 Å². The third-order valence-electron chi connectivity index (χ3n) is 4.31. The molecule has 0 bridgehead atoms. The van der Waals surface area contributed by atoms with Crippen LogP contribution < -0.4 is 9.47 Å². The highest BCUT2D eigenvalue weighted by Gasteiger charge is 2.17. The van der Waals surface area contributed by atoms with Gasteiger partial charge in [0.15, 0.2) is 0 Å². The molecule has 4 heteroatoms. The predicted octanol–water partition coefficient (Wildman–Crippen LogP) is 2.29. The maximum atomic E-state index is 5.91. The largest absolute Gasteiger partial charge is 0.497 e. The Labute approximate surface area is 127 Å². The highest BCUT2D eigenvalue weighted by Crippen LogP contribution is 2.34. The molecular formula is C17H25NO3. The normalized spacial score (nSPS) is 18.9. The molecule has 1 aromatic carbocycles. The van der Waals surface area contributed by atoms with Crippen molar-refractivity contribution >= 4 is 0 Å². The Kier molecular flexibility index (Phi) is 4.99. The minimum atomic E-state index is 0.843. The molecule has 2 aliphatic rings. The van der Waals surface area contributed by atoms with Gasteiger partial charge in [-0.25, -0.2) is 0 Å². The number of aryl methyl sites for hydroxylation is 2. The van der Waals surface area contributed by atoms with Gasteiger partial charge in [-0.2, -0.15) is 0 Å². The van der Waals surface area contributed by atoms with E-state index in [1.165, 1.54) is 11.1 Å². The van der Waals surface area contributed by atoms with Crippen molar-refractivity contribution < 1.29 is 14.2 Å². The molecule has 0 spiro atoms. The first-order chi connectivity index (χ1) is 10.4. The Hall–Kier alpha value is -1.26. The SMILES string of the molecule is COc1cc2c(c(CCCN3CCOCC3)c1)OCCC2. The number of morpholine rings is 1. The Morgan fingerprint density at radius 2 is 2.05 bits per heavy atom. The van der Waals surface area contributed by atoms with Crippen molar-refractivity contribution in [2.45, 2.75) is 25.7 Å². The fourth-order valence-corrected chi connectivity index (χ4v) is 3.15. The van der Waals surface area contributed by atoms with Crippen molar-refractivity contribution in [2.24, 2.45) is 0 Å². The molecule has 1 saturated heterocycles. The van der Waals surface area contributed by atoms with E-state index in [9.17, 15) is 0 Å². The van der Waals surface area contributed by atoms with E-state index in [2.05, 4.69) is 17.0 Å². The molecule has 1 aromatic rings. The van der Waals surface area contributed by atoms with E-state index in [0.29, 0.717) is 0 Å². The second kappa shape index (κ2) is 7.14. The molecule has 0 saturated carbocycles. The van der Waals surface area contributed by atoms with E-state index in [0.717, 1.165) is 76.6 Å². The molecule has 0 unspecified atom stereocenters. The monoisotopic (exact) mass is 291 g/mol. The summed E-state index contributed by atoms with van der Waals surface area (Å²) in [5.74, 6) is 2.07. The van der Waals surface area contributed by atoms with Crippen molar-refractivity contribution in [1.82, 2.24) is 4.90 Å². The molecule has 2 aliphatic heterocycles. The first-order valence-corrected chi connectivity index (χ1v) is 7.99. The minimum absolute atomic E-state index is 0.843. The minimum Gasteiger partial charge on any atom is -0.497 e. The van der Waals surface area contributed by atoms with Gasteiger partial charge in [0, 0.05) is 13.1 Å². The lowest BCUT2D eigenvalue weighted by Gasteiger charge is -2.27. The molecule has 3 rings (SSSR count). The zero-order valence-corrected chi connectivity index (χ0v) is 12.9. The van der Waals surface area contributed by atoms with Crippen LogP contribution in [-0.4, -0.2) is 51.5 Å². The van der Waals surface area contributed by atoms with Gasteiger partial charge in [-0.3, -0.25) is 4.90 Å². The smallest absolute Gasteiger partial charge is 0.125 e. The first kappa shape index (κ1) is 14.7. The summed E-state index contributed by atoms with van der Waals surface area (Å²) in [5.41, 5.74) is 2.61. The number of rotatable bonds is 5. The number of hydrogen-bond donors (Lipinski definition) is 0. The standard InChI is InChI=1S/C17H25NO3/c1-19-16-12-14(17-15(13-16)5-3-9-21-17)4-2-6-18-7-10-20-11-8-18/h12-13H,2-11H2,1H3. The van der Waals surface area contributed by atoms with E-state index in [4.69, 9.17) is 14.2 Å². The summed E-state index contributed by atoms with van der Waals surface area (Å²) < 4.78 is 16.7. The van der Waals surface area contributed by atoms with Crippen LogP contribution in [0.5, 0.6) is 11.5 Å². The highest BCUT2D eigenvalue weighted by molar-refractivity contribution is 5.48. The van der Waals surface area contributed by atoms with Crippen LogP contribution in [0.1, 0.15) is 24.0 Å². The van der Waals surface area contributed by atoms with Crippen LogP contribution in [0.4, 0.5) is 0 Å². The van der Waals surface area contributed by atoms with Crippen LogP contribution in [0.2, 0.25) is 0 Å². The van der Waals surface area contributed by atoms with Gasteiger partial charge in [0.2, 0.25) is 0 Å². The van der Waals surface area contributed by atoms with Crippen molar-refractivity contribution in [3.05, 3.63) is 23.3 Å². The van der Waals surface area contributed by atoms with E-state index in [1.54, 1.807) is 7.11 Å². The Bertz CT molecular complexity index is 469. The molecule has 0 atom stereocenters. The second-order valence-electron chi connectivity index (χ2n) is 5.78. The van der Waals surface area contributed by atoms with Gasteiger partial charge in [-0.15, -0.1) is 0 Å². The zero-order chi connectivity index (χ0) is 14.5. The quantitative estimate of drug-likeness (QED) is 0.833. The maximum Gasteiger partial charge on any atom is 0.125 e. The molecule has 1 fully saturated rings. The molecule has 0 aromatic heterocycles. The number of benzene rings is 1. The van der Waals surface area contributed by atoms with Crippen LogP contribution in [0.15, 0.2) is 12.1 Å². The van der Waals surface area contributed by atoms with Crippen molar-refractivity contribution in [2.75, 3.05) is 46.6 Å². The Morgan fingerprint density at radius 3 is 2.86 bits per heavy atom. The van der Waals surface area contributed by atoms with Crippen molar-refractivity contribution in [1.29, 1.82) is 0 Å². The van der Waals surface area contributed by atoms with Crippen LogP contribution in [0.3, 0.4) is 0 Å². The van der Waals surface area contributed by atoms with Crippen molar-refractivity contribution in [3.63, 3.8) is 0 Å². The topological polar surface area (TPSA) is 30.9 Å². The number of methoxy groups -OCH3 is 1. The first-order valence-electron chi connectivity index (χ1n) is 7.99. The number of ether oxygens (including phenoxy) is 3. The number of fused-ring (bicyclic) bond motifs is 1. The van der Waals surface area contributed by atoms with Gasteiger partial charge in [0.25, 0.3) is 0 Å². The lowest BCUT2D eigenvalue weighted by Crippen LogP contribution is -2.36. The van der Waals surface area contributed by atoms with Crippen LogP contribution in [-0.2, 0) is 17.6 Å². The molecule has 0 aliphatic carbocycles. The number of hydrogen-bond acceptors (Lipinski definition) is 4. The third-order valence-corrected chi connectivity index (χ3v) is 4.31. The van der Waals surface area contributed by atoms with Crippen LogP contribution in [0, 0.1) is 0 Å².